The summed E-state index contributed by atoms with van der Waals surface area (Å²) in [5.74, 6) is -3.27. The van der Waals surface area contributed by atoms with E-state index in [4.69, 9.17) is 24.1 Å². The van der Waals surface area contributed by atoms with E-state index in [0.717, 1.165) is 12.1 Å². The zero-order chi connectivity index (χ0) is 22.6. The Labute approximate surface area is 171 Å². The normalized spacial score (nSPS) is 10.8. The Balaban J connectivity index is 2.76. The van der Waals surface area contributed by atoms with Crippen LogP contribution < -0.4 is 23.7 Å². The molecule has 0 amide bonds. The van der Waals surface area contributed by atoms with Crippen molar-refractivity contribution < 1.29 is 47.2 Å². The highest BCUT2D eigenvalue weighted by atomic mass is 32.2. The Hall–Kier alpha value is -3.67. The Bertz CT molecular complexity index is 1090. The van der Waals surface area contributed by atoms with Crippen LogP contribution in [0.15, 0.2) is 29.2 Å². The van der Waals surface area contributed by atoms with E-state index in [-0.39, 0.29) is 28.6 Å². The molecule has 0 spiro atoms. The number of hydrogen-bond acceptors (Lipinski definition) is 8. The topological polar surface area (TPSA) is 158 Å². The van der Waals surface area contributed by atoms with E-state index in [1.54, 1.807) is 0 Å². The maximum atomic E-state index is 13.0. The lowest BCUT2D eigenvalue weighted by molar-refractivity contribution is 0.0686. The van der Waals surface area contributed by atoms with Crippen LogP contribution >= 0.6 is 0 Å². The van der Waals surface area contributed by atoms with E-state index in [1.165, 1.54) is 40.6 Å². The van der Waals surface area contributed by atoms with Gasteiger partial charge in [0.25, 0.3) is 10.0 Å². The number of benzene rings is 2. The first kappa shape index (κ1) is 22.6. The molecule has 0 radical (unpaired) electrons. The third-order valence-electron chi connectivity index (χ3n) is 4.00. The molecule has 0 saturated carbocycles. The molecule has 0 aliphatic rings. The molecule has 0 atom stereocenters. The van der Waals surface area contributed by atoms with Gasteiger partial charge in [0, 0.05) is 6.07 Å². The van der Waals surface area contributed by atoms with E-state index < -0.39 is 38.1 Å². The van der Waals surface area contributed by atoms with Crippen molar-refractivity contribution >= 4 is 27.6 Å². The fourth-order valence-electron chi connectivity index (χ4n) is 2.64. The van der Waals surface area contributed by atoms with Crippen molar-refractivity contribution in [2.75, 3.05) is 33.2 Å². The van der Waals surface area contributed by atoms with Crippen LogP contribution in [-0.4, -0.2) is 59.0 Å². The molecule has 162 valence electrons. The minimum Gasteiger partial charge on any atom is -0.495 e. The molecule has 0 aromatic heterocycles. The van der Waals surface area contributed by atoms with Gasteiger partial charge in [0.2, 0.25) is 5.75 Å². The van der Waals surface area contributed by atoms with Gasteiger partial charge in [-0.05, 0) is 18.2 Å². The van der Waals surface area contributed by atoms with Gasteiger partial charge in [0.15, 0.2) is 11.5 Å². The predicted octanol–water partition coefficient (Wildman–Crippen LogP) is 1.92. The van der Waals surface area contributed by atoms with E-state index >= 15 is 0 Å². The average molecular weight is 441 g/mol. The Morgan fingerprint density at radius 3 is 1.90 bits per heavy atom. The second-order valence-corrected chi connectivity index (χ2v) is 7.30. The molecular formula is C18H19NO10S. The number of anilines is 1. The van der Waals surface area contributed by atoms with Crippen molar-refractivity contribution in [2.24, 2.45) is 0 Å². The number of rotatable bonds is 9. The average Bonchev–Trinajstić information content (AvgIpc) is 2.71. The second kappa shape index (κ2) is 8.78. The number of nitrogens with one attached hydrogen (secondary N) is 1. The molecule has 0 heterocycles. The van der Waals surface area contributed by atoms with Crippen molar-refractivity contribution in [1.82, 2.24) is 0 Å². The predicted molar refractivity (Wildman–Crippen MR) is 104 cm³/mol. The van der Waals surface area contributed by atoms with Gasteiger partial charge < -0.3 is 29.2 Å². The first-order chi connectivity index (χ1) is 14.1. The third kappa shape index (κ3) is 4.17. The molecule has 12 heteroatoms. The van der Waals surface area contributed by atoms with Crippen LogP contribution in [-0.2, 0) is 10.0 Å². The molecule has 0 aliphatic carbocycles. The lowest BCUT2D eigenvalue weighted by Gasteiger charge is -2.19. The highest BCUT2D eigenvalue weighted by molar-refractivity contribution is 7.92. The molecule has 30 heavy (non-hydrogen) atoms. The van der Waals surface area contributed by atoms with Gasteiger partial charge in [-0.1, -0.05) is 0 Å². The van der Waals surface area contributed by atoms with E-state index in [2.05, 4.69) is 4.72 Å². The van der Waals surface area contributed by atoms with Gasteiger partial charge in [-0.2, -0.15) is 0 Å². The number of aromatic carboxylic acids is 2. The quantitative estimate of drug-likeness (QED) is 0.525. The molecule has 2 aromatic carbocycles. The molecule has 0 saturated heterocycles. The third-order valence-corrected chi connectivity index (χ3v) is 5.37. The highest BCUT2D eigenvalue weighted by Crippen LogP contribution is 2.46. The smallest absolute Gasteiger partial charge is 0.338 e. The van der Waals surface area contributed by atoms with Crippen LogP contribution in [0, 0.1) is 0 Å². The van der Waals surface area contributed by atoms with Crippen molar-refractivity contribution in [3.63, 3.8) is 0 Å². The summed E-state index contributed by atoms with van der Waals surface area (Å²) >= 11 is 0. The number of methoxy groups -OCH3 is 4. The van der Waals surface area contributed by atoms with Crippen LogP contribution in [0.25, 0.3) is 0 Å². The molecule has 3 N–H and O–H groups in total. The summed E-state index contributed by atoms with van der Waals surface area (Å²) in [5.41, 5.74) is -1.24. The van der Waals surface area contributed by atoms with Crippen molar-refractivity contribution in [2.45, 2.75) is 4.90 Å². The number of carboxylic acids is 2. The highest BCUT2D eigenvalue weighted by Gasteiger charge is 2.29. The number of carbonyl (C=O) groups is 2. The first-order valence-corrected chi connectivity index (χ1v) is 9.60. The number of carboxylic acid groups (broad SMARTS) is 2. The fourth-order valence-corrected chi connectivity index (χ4v) is 3.91. The molecule has 0 fully saturated rings. The molecular weight excluding hydrogens is 422 g/mol. The zero-order valence-corrected chi connectivity index (χ0v) is 17.2. The van der Waals surface area contributed by atoms with Gasteiger partial charge in [0.1, 0.15) is 16.3 Å². The summed E-state index contributed by atoms with van der Waals surface area (Å²) in [6.07, 6.45) is 0. The maximum Gasteiger partial charge on any atom is 0.338 e. The second-order valence-electron chi connectivity index (χ2n) is 5.65. The van der Waals surface area contributed by atoms with Crippen molar-refractivity contribution in [3.05, 3.63) is 35.4 Å². The van der Waals surface area contributed by atoms with Crippen LogP contribution in [0.2, 0.25) is 0 Å². The summed E-state index contributed by atoms with van der Waals surface area (Å²) < 4.78 is 48.7. The summed E-state index contributed by atoms with van der Waals surface area (Å²) in [6, 6.07) is 4.28. The van der Waals surface area contributed by atoms with Crippen LogP contribution in [0.1, 0.15) is 20.7 Å². The summed E-state index contributed by atoms with van der Waals surface area (Å²) in [5, 5.41) is 18.7. The molecule has 2 rings (SSSR count). The van der Waals surface area contributed by atoms with E-state index in [1.807, 2.05) is 0 Å². The lowest BCUT2D eigenvalue weighted by Crippen LogP contribution is -2.18. The minimum atomic E-state index is -4.52. The Morgan fingerprint density at radius 1 is 0.833 bits per heavy atom. The minimum absolute atomic E-state index is 0.000142. The number of ether oxygens (including phenoxy) is 4. The monoisotopic (exact) mass is 441 g/mol. The SMILES string of the molecule is COc1ccc(C(=O)O)cc1S(=O)(=O)Nc1c(C(=O)O)cc(OC)c(OC)c1OC. The van der Waals surface area contributed by atoms with Gasteiger partial charge in [0.05, 0.1) is 39.6 Å². The summed E-state index contributed by atoms with van der Waals surface area (Å²) in [6.45, 7) is 0. The number of hydrogen-bond donors (Lipinski definition) is 3. The largest absolute Gasteiger partial charge is 0.495 e. The lowest BCUT2D eigenvalue weighted by atomic mass is 10.1. The molecule has 0 bridgehead atoms. The van der Waals surface area contributed by atoms with Crippen molar-refractivity contribution in [1.29, 1.82) is 0 Å². The fraction of sp³-hybridized carbons (Fsp3) is 0.222. The van der Waals surface area contributed by atoms with Crippen LogP contribution in [0.3, 0.4) is 0 Å². The van der Waals surface area contributed by atoms with Gasteiger partial charge >= 0.3 is 11.9 Å². The molecule has 0 aliphatic heterocycles. The summed E-state index contributed by atoms with van der Waals surface area (Å²) in [4.78, 5) is 22.5. The van der Waals surface area contributed by atoms with E-state index in [9.17, 15) is 23.1 Å². The zero-order valence-electron chi connectivity index (χ0n) is 16.4. The number of sulfonamides is 1. The molecule has 11 nitrogen and oxygen atoms in total. The molecule has 2 aromatic rings. The van der Waals surface area contributed by atoms with Gasteiger partial charge in [-0.3, -0.25) is 4.72 Å². The van der Waals surface area contributed by atoms with E-state index in [0.29, 0.717) is 0 Å². The summed E-state index contributed by atoms with van der Waals surface area (Å²) in [7, 11) is 0.402. The van der Waals surface area contributed by atoms with Gasteiger partial charge in [-0.25, -0.2) is 18.0 Å². The Kier molecular flexibility index (Phi) is 6.62. The van der Waals surface area contributed by atoms with Crippen LogP contribution in [0.4, 0.5) is 5.69 Å². The Morgan fingerprint density at radius 2 is 1.43 bits per heavy atom. The van der Waals surface area contributed by atoms with Crippen LogP contribution in [0.5, 0.6) is 23.0 Å². The standard InChI is InChI=1S/C18H19NO10S/c1-26-11-6-5-9(17(20)21)7-13(11)30(24,25)19-14-10(18(22)23)8-12(27-2)15(28-3)16(14)29-4/h5-8,19H,1-4H3,(H,20,21)(H,22,23). The first-order valence-electron chi connectivity index (χ1n) is 8.11. The van der Waals surface area contributed by atoms with Crippen molar-refractivity contribution in [3.8, 4) is 23.0 Å². The molecule has 0 unspecified atom stereocenters. The maximum absolute atomic E-state index is 13.0. The van der Waals surface area contributed by atoms with Gasteiger partial charge in [-0.15, -0.1) is 0 Å².